The first-order valence-electron chi connectivity index (χ1n) is 10.8. The first-order chi connectivity index (χ1) is 13.5. The van der Waals surface area contributed by atoms with Gasteiger partial charge in [-0.25, -0.2) is 4.39 Å². The maximum Gasteiger partial charge on any atom is 0.225 e. The maximum atomic E-state index is 13.4. The maximum absolute atomic E-state index is 13.4. The molecule has 0 bridgehead atoms. The highest BCUT2D eigenvalue weighted by atomic mass is 19.1. The average molecular weight is 391 g/mol. The predicted octanol–water partition coefficient (Wildman–Crippen LogP) is 3.14. The number of unbranched alkanes of at least 4 members (excludes halogenated alkanes) is 2. The van der Waals surface area contributed by atoms with E-state index in [2.05, 4.69) is 23.1 Å². The van der Waals surface area contributed by atoms with Crippen LogP contribution in [0.15, 0.2) is 24.3 Å². The molecule has 0 saturated carbocycles. The molecule has 28 heavy (non-hydrogen) atoms. The second-order valence-corrected chi connectivity index (χ2v) is 8.51. The molecule has 1 amide bonds. The number of rotatable bonds is 8. The van der Waals surface area contributed by atoms with Gasteiger partial charge in [0.2, 0.25) is 5.91 Å². The number of nitrogens with one attached hydrogen (secondary N) is 3. The normalized spacial score (nSPS) is 27.7. The molecule has 2 aliphatic rings. The Balaban J connectivity index is 1.29. The van der Waals surface area contributed by atoms with E-state index in [0.717, 1.165) is 63.6 Å². The van der Waals surface area contributed by atoms with E-state index in [1.807, 2.05) is 18.0 Å². The van der Waals surface area contributed by atoms with Gasteiger partial charge >= 0.3 is 0 Å². The van der Waals surface area contributed by atoms with E-state index in [9.17, 15) is 9.18 Å². The molecule has 2 aliphatic heterocycles. The van der Waals surface area contributed by atoms with Gasteiger partial charge in [0.15, 0.2) is 0 Å². The summed E-state index contributed by atoms with van der Waals surface area (Å²) in [5.74, 6) is 0.322. The summed E-state index contributed by atoms with van der Waals surface area (Å²) < 4.78 is 13.4. The van der Waals surface area contributed by atoms with Gasteiger partial charge < -0.3 is 10.2 Å². The van der Waals surface area contributed by atoms with Gasteiger partial charge in [-0.2, -0.15) is 0 Å². The van der Waals surface area contributed by atoms with Gasteiger partial charge in [-0.3, -0.25) is 15.6 Å². The third kappa shape index (κ3) is 6.00. The fourth-order valence-corrected chi connectivity index (χ4v) is 4.45. The van der Waals surface area contributed by atoms with Crippen molar-refractivity contribution in [2.45, 2.75) is 70.0 Å². The Labute approximate surface area is 168 Å². The summed E-state index contributed by atoms with van der Waals surface area (Å²) in [6, 6.07) is 7.87. The molecule has 156 valence electrons. The average Bonchev–Trinajstić information content (AvgIpc) is 3.16. The van der Waals surface area contributed by atoms with Crippen molar-refractivity contribution < 1.29 is 9.18 Å². The summed E-state index contributed by atoms with van der Waals surface area (Å²) in [4.78, 5) is 14.5. The van der Waals surface area contributed by atoms with E-state index in [1.54, 1.807) is 12.1 Å². The van der Waals surface area contributed by atoms with Crippen molar-refractivity contribution in [3.63, 3.8) is 0 Å². The number of hydrazine groups is 1. The molecule has 0 radical (unpaired) electrons. The van der Waals surface area contributed by atoms with Crippen molar-refractivity contribution >= 4 is 5.91 Å². The van der Waals surface area contributed by atoms with Crippen LogP contribution in [0.3, 0.4) is 0 Å². The summed E-state index contributed by atoms with van der Waals surface area (Å²) in [6.45, 7) is 3.95. The third-order valence-electron chi connectivity index (χ3n) is 6.13. The van der Waals surface area contributed by atoms with E-state index >= 15 is 0 Å². The van der Waals surface area contributed by atoms with E-state index in [-0.39, 0.29) is 17.8 Å². The summed E-state index contributed by atoms with van der Waals surface area (Å²) in [7, 11) is 1.95. The van der Waals surface area contributed by atoms with E-state index in [0.29, 0.717) is 18.0 Å². The molecule has 2 fully saturated rings. The van der Waals surface area contributed by atoms with Gasteiger partial charge in [-0.05, 0) is 63.3 Å². The van der Waals surface area contributed by atoms with Gasteiger partial charge in [-0.1, -0.05) is 25.0 Å². The van der Waals surface area contributed by atoms with Crippen LogP contribution in [-0.2, 0) is 4.79 Å². The fraction of sp³-hybridized carbons (Fsp3) is 0.682. The Morgan fingerprint density at radius 1 is 1.21 bits per heavy atom. The zero-order valence-corrected chi connectivity index (χ0v) is 17.2. The van der Waals surface area contributed by atoms with Crippen LogP contribution in [0.4, 0.5) is 4.39 Å². The fourth-order valence-electron chi connectivity index (χ4n) is 4.45. The van der Waals surface area contributed by atoms with Gasteiger partial charge in [0.25, 0.3) is 0 Å². The molecule has 5 nitrogen and oxygen atoms in total. The van der Waals surface area contributed by atoms with Crippen LogP contribution in [0.2, 0.25) is 0 Å². The van der Waals surface area contributed by atoms with Crippen LogP contribution in [0.1, 0.15) is 63.5 Å². The molecule has 0 aromatic heterocycles. The molecular weight excluding hydrogens is 355 g/mol. The zero-order valence-electron chi connectivity index (χ0n) is 17.2. The quantitative estimate of drug-likeness (QED) is 0.597. The minimum atomic E-state index is -0.180. The van der Waals surface area contributed by atoms with Crippen molar-refractivity contribution in [3.8, 4) is 0 Å². The standard InChI is InChI=1S/C22H35FN4O/c1-16-13-18(10-11-24-16)22(28)27(2)12-5-3-4-9-20-15-21(26-25-20)17-7-6-8-19(23)14-17/h6-8,14,16,18,20-21,24-26H,3-5,9-13,15H2,1-2H3/t16-,18-,20?,21?/m0/s1. The molecule has 0 spiro atoms. The number of piperidine rings is 1. The Morgan fingerprint density at radius 2 is 2.07 bits per heavy atom. The number of carbonyl (C=O) groups is 1. The lowest BCUT2D eigenvalue weighted by Gasteiger charge is -2.30. The third-order valence-corrected chi connectivity index (χ3v) is 6.13. The summed E-state index contributed by atoms with van der Waals surface area (Å²) in [6.07, 6.45) is 7.31. The van der Waals surface area contributed by atoms with Gasteiger partial charge in [-0.15, -0.1) is 0 Å². The smallest absolute Gasteiger partial charge is 0.225 e. The number of hydrogen-bond acceptors (Lipinski definition) is 4. The first-order valence-corrected chi connectivity index (χ1v) is 10.8. The molecule has 1 aromatic carbocycles. The van der Waals surface area contributed by atoms with Crippen LogP contribution >= 0.6 is 0 Å². The summed E-state index contributed by atoms with van der Waals surface area (Å²) in [5.41, 5.74) is 7.64. The van der Waals surface area contributed by atoms with E-state index in [4.69, 9.17) is 0 Å². The first kappa shape index (κ1) is 21.2. The van der Waals surface area contributed by atoms with Crippen molar-refractivity contribution in [1.82, 2.24) is 21.1 Å². The predicted molar refractivity (Wildman–Crippen MR) is 110 cm³/mol. The highest BCUT2D eigenvalue weighted by Crippen LogP contribution is 2.25. The molecule has 6 heteroatoms. The Bertz CT molecular complexity index is 641. The lowest BCUT2D eigenvalue weighted by molar-refractivity contribution is -0.135. The molecule has 2 heterocycles. The Hall–Kier alpha value is -1.50. The SMILES string of the molecule is C[C@H]1C[C@@H](C(=O)N(C)CCCCCC2CC(c3cccc(F)c3)NN2)CCN1. The minimum absolute atomic E-state index is 0.178. The molecule has 2 unspecified atom stereocenters. The Morgan fingerprint density at radius 3 is 2.86 bits per heavy atom. The molecule has 3 N–H and O–H groups in total. The van der Waals surface area contributed by atoms with Gasteiger partial charge in [0.05, 0.1) is 0 Å². The van der Waals surface area contributed by atoms with Crippen molar-refractivity contribution in [3.05, 3.63) is 35.6 Å². The topological polar surface area (TPSA) is 56.4 Å². The number of halogens is 1. The number of benzene rings is 1. The highest BCUT2D eigenvalue weighted by Gasteiger charge is 2.27. The molecule has 3 rings (SSSR count). The summed E-state index contributed by atoms with van der Waals surface area (Å²) >= 11 is 0. The van der Waals surface area contributed by atoms with E-state index in [1.165, 1.54) is 6.07 Å². The molecule has 1 aromatic rings. The van der Waals surface area contributed by atoms with Crippen LogP contribution in [0, 0.1) is 11.7 Å². The van der Waals surface area contributed by atoms with Crippen LogP contribution < -0.4 is 16.2 Å². The Kier molecular flexibility index (Phi) is 7.82. The lowest BCUT2D eigenvalue weighted by Crippen LogP contribution is -2.43. The largest absolute Gasteiger partial charge is 0.346 e. The minimum Gasteiger partial charge on any atom is -0.346 e. The second-order valence-electron chi connectivity index (χ2n) is 8.51. The number of amides is 1. The van der Waals surface area contributed by atoms with Gasteiger partial charge in [0, 0.05) is 37.6 Å². The second kappa shape index (κ2) is 10.3. The number of nitrogens with zero attached hydrogens (tertiary/aromatic N) is 1. The van der Waals surface area contributed by atoms with Crippen molar-refractivity contribution in [1.29, 1.82) is 0 Å². The van der Waals surface area contributed by atoms with Gasteiger partial charge in [0.1, 0.15) is 5.82 Å². The van der Waals surface area contributed by atoms with Crippen LogP contribution in [-0.4, -0.2) is 43.0 Å². The van der Waals surface area contributed by atoms with Crippen molar-refractivity contribution in [2.24, 2.45) is 5.92 Å². The van der Waals surface area contributed by atoms with Crippen LogP contribution in [0.25, 0.3) is 0 Å². The molecule has 0 aliphatic carbocycles. The number of carbonyl (C=O) groups excluding carboxylic acids is 1. The summed E-state index contributed by atoms with van der Waals surface area (Å²) in [5, 5.41) is 3.41. The molecule has 2 saturated heterocycles. The number of hydrogen-bond donors (Lipinski definition) is 3. The zero-order chi connectivity index (χ0) is 19.9. The molecular formula is C22H35FN4O. The highest BCUT2D eigenvalue weighted by molar-refractivity contribution is 5.78. The van der Waals surface area contributed by atoms with Crippen molar-refractivity contribution in [2.75, 3.05) is 20.1 Å². The monoisotopic (exact) mass is 390 g/mol. The lowest BCUT2D eigenvalue weighted by atomic mass is 9.92. The van der Waals surface area contributed by atoms with Crippen LogP contribution in [0.5, 0.6) is 0 Å². The molecule has 4 atom stereocenters. The van der Waals surface area contributed by atoms with E-state index < -0.39 is 0 Å².